The normalized spacial score (nSPS) is 11.2. The maximum Gasteiger partial charge on any atom is 0.407 e. The molecule has 0 saturated carbocycles. The van der Waals surface area contributed by atoms with E-state index in [1.54, 1.807) is 20.8 Å². The molecule has 0 atom stereocenters. The topological polar surface area (TPSA) is 132 Å². The number of hydrogen-bond donors (Lipinski definition) is 3. The Bertz CT molecular complexity index is 423. The third-order valence-corrected chi connectivity index (χ3v) is 2.52. The number of carbonyl (C=O) groups is 3. The predicted molar refractivity (Wildman–Crippen MR) is 92.2 cm³/mol. The highest BCUT2D eigenvalue weighted by Gasteiger charge is 2.15. The number of nitrogens with one attached hydrogen (secondary N) is 2. The predicted octanol–water partition coefficient (Wildman–Crippen LogP) is -0.196. The molecule has 0 aromatic rings. The molecule has 0 fully saturated rings. The monoisotopic (exact) mass is 378 g/mol. The van der Waals surface area contributed by atoms with Gasteiger partial charge in [0.15, 0.2) is 5.78 Å². The molecule has 10 nitrogen and oxygen atoms in total. The Balaban J connectivity index is 3.30. The lowest BCUT2D eigenvalue weighted by molar-refractivity contribution is -0.143. The van der Waals surface area contributed by atoms with Gasteiger partial charge in [0.2, 0.25) is 0 Å². The first kappa shape index (κ1) is 24.2. The molecule has 0 aliphatic carbocycles. The summed E-state index contributed by atoms with van der Waals surface area (Å²) in [5.41, 5.74) is -0.525. The van der Waals surface area contributed by atoms with E-state index in [4.69, 9.17) is 19.3 Å². The third kappa shape index (κ3) is 18.6. The average Bonchev–Trinajstić information content (AvgIpc) is 2.50. The second kappa shape index (κ2) is 14.4. The minimum Gasteiger partial charge on any atom is -0.480 e. The second-order valence-corrected chi connectivity index (χ2v) is 6.26. The first-order chi connectivity index (χ1) is 12.2. The fraction of sp³-hybridized carbons (Fsp3) is 0.812. The summed E-state index contributed by atoms with van der Waals surface area (Å²) in [5.74, 6) is -1.34. The summed E-state index contributed by atoms with van der Waals surface area (Å²) in [7, 11) is 0. The molecule has 3 N–H and O–H groups in total. The minimum absolute atomic E-state index is 0.0931. The number of carboxylic acids is 1. The zero-order valence-corrected chi connectivity index (χ0v) is 15.7. The maximum absolute atomic E-state index is 11.4. The van der Waals surface area contributed by atoms with Crippen LogP contribution in [0.4, 0.5) is 4.79 Å². The highest BCUT2D eigenvalue weighted by Crippen LogP contribution is 2.05. The molecule has 0 aromatic carbocycles. The average molecular weight is 378 g/mol. The molecule has 0 radical (unpaired) electrons. The van der Waals surface area contributed by atoms with Crippen LogP contribution in [0.15, 0.2) is 0 Å². The van der Waals surface area contributed by atoms with Gasteiger partial charge in [-0.2, -0.15) is 0 Å². The van der Waals surface area contributed by atoms with E-state index < -0.39 is 24.3 Å². The third-order valence-electron chi connectivity index (χ3n) is 2.52. The van der Waals surface area contributed by atoms with E-state index in [1.165, 1.54) is 0 Å². The molecule has 0 aliphatic heterocycles. The fourth-order valence-corrected chi connectivity index (χ4v) is 1.54. The summed E-state index contributed by atoms with van der Waals surface area (Å²) in [4.78, 5) is 32.9. The first-order valence-corrected chi connectivity index (χ1v) is 8.35. The quantitative estimate of drug-likeness (QED) is 0.331. The Morgan fingerprint density at radius 3 is 2.08 bits per heavy atom. The van der Waals surface area contributed by atoms with Crippen molar-refractivity contribution in [2.75, 3.05) is 59.3 Å². The van der Waals surface area contributed by atoms with Crippen LogP contribution in [0.25, 0.3) is 0 Å². The van der Waals surface area contributed by atoms with Crippen LogP contribution in [-0.2, 0) is 28.5 Å². The van der Waals surface area contributed by atoms with Gasteiger partial charge in [0.1, 0.15) is 18.8 Å². The van der Waals surface area contributed by atoms with Crippen LogP contribution >= 0.6 is 0 Å². The van der Waals surface area contributed by atoms with Crippen LogP contribution in [0.1, 0.15) is 20.8 Å². The molecule has 0 bridgehead atoms. The van der Waals surface area contributed by atoms with E-state index >= 15 is 0 Å². The number of alkyl carbamates (subject to hydrolysis) is 1. The molecule has 0 aromatic heterocycles. The first-order valence-electron chi connectivity index (χ1n) is 8.35. The van der Waals surface area contributed by atoms with Crippen molar-refractivity contribution in [1.82, 2.24) is 10.6 Å². The van der Waals surface area contributed by atoms with Gasteiger partial charge in [-0.15, -0.1) is 0 Å². The van der Waals surface area contributed by atoms with Gasteiger partial charge in [-0.3, -0.25) is 4.79 Å². The van der Waals surface area contributed by atoms with E-state index in [0.29, 0.717) is 39.5 Å². The van der Waals surface area contributed by atoms with Crippen LogP contribution in [-0.4, -0.2) is 87.8 Å². The number of aliphatic carboxylic acids is 1. The molecule has 0 saturated heterocycles. The fourth-order valence-electron chi connectivity index (χ4n) is 1.54. The molecule has 0 heterocycles. The van der Waals surface area contributed by atoms with Gasteiger partial charge in [0, 0.05) is 13.1 Å². The number of amides is 1. The van der Waals surface area contributed by atoms with Crippen molar-refractivity contribution in [3.63, 3.8) is 0 Å². The van der Waals surface area contributed by atoms with Gasteiger partial charge >= 0.3 is 12.1 Å². The highest BCUT2D eigenvalue weighted by atomic mass is 16.6. The van der Waals surface area contributed by atoms with E-state index in [-0.39, 0.29) is 18.9 Å². The zero-order chi connectivity index (χ0) is 19.8. The Kier molecular flexibility index (Phi) is 13.5. The molecule has 0 unspecified atom stereocenters. The summed E-state index contributed by atoms with van der Waals surface area (Å²) >= 11 is 0. The van der Waals surface area contributed by atoms with Crippen LogP contribution in [0.5, 0.6) is 0 Å². The van der Waals surface area contributed by atoms with Crippen molar-refractivity contribution in [3.05, 3.63) is 0 Å². The van der Waals surface area contributed by atoms with Crippen molar-refractivity contribution < 1.29 is 38.4 Å². The molecule has 0 rings (SSSR count). The van der Waals surface area contributed by atoms with E-state index in [9.17, 15) is 14.4 Å². The maximum atomic E-state index is 11.4. The molecule has 0 aliphatic rings. The summed E-state index contributed by atoms with van der Waals surface area (Å²) in [6, 6.07) is 0. The smallest absolute Gasteiger partial charge is 0.407 e. The lowest BCUT2D eigenvalue weighted by Gasteiger charge is -2.19. The van der Waals surface area contributed by atoms with Gasteiger partial charge in [0.25, 0.3) is 0 Å². The summed E-state index contributed by atoms with van der Waals surface area (Å²) in [6.07, 6.45) is -0.480. The number of rotatable bonds is 15. The second-order valence-electron chi connectivity index (χ2n) is 6.26. The van der Waals surface area contributed by atoms with Crippen molar-refractivity contribution in [2.24, 2.45) is 0 Å². The Hall–Kier alpha value is -1.75. The number of ketones is 1. The summed E-state index contributed by atoms with van der Waals surface area (Å²) in [5, 5.41) is 13.8. The van der Waals surface area contributed by atoms with Crippen molar-refractivity contribution in [2.45, 2.75) is 26.4 Å². The van der Waals surface area contributed by atoms with Crippen LogP contribution in [0.3, 0.4) is 0 Å². The van der Waals surface area contributed by atoms with E-state index in [1.807, 2.05) is 0 Å². The SMILES string of the molecule is CC(C)(C)OC(=O)NCCOCCOCCNCC(=O)COCC(=O)O. The van der Waals surface area contributed by atoms with Gasteiger partial charge in [0.05, 0.1) is 33.0 Å². The Morgan fingerprint density at radius 2 is 1.50 bits per heavy atom. The van der Waals surface area contributed by atoms with Crippen molar-refractivity contribution in [1.29, 1.82) is 0 Å². The van der Waals surface area contributed by atoms with Crippen molar-refractivity contribution in [3.8, 4) is 0 Å². The standard InChI is InChI=1S/C16H30N2O8/c1-16(2,3)26-15(22)18-5-7-24-9-8-23-6-4-17-10-13(19)11-25-12-14(20)21/h17H,4-12H2,1-3H3,(H,18,22)(H,20,21). The lowest BCUT2D eigenvalue weighted by atomic mass is 10.2. The van der Waals surface area contributed by atoms with Gasteiger partial charge in [-0.05, 0) is 20.8 Å². The molecule has 10 heteroatoms. The van der Waals surface area contributed by atoms with Crippen molar-refractivity contribution >= 4 is 17.8 Å². The van der Waals surface area contributed by atoms with Crippen LogP contribution < -0.4 is 10.6 Å². The molecule has 1 amide bonds. The lowest BCUT2D eigenvalue weighted by Crippen LogP contribution is -2.34. The zero-order valence-electron chi connectivity index (χ0n) is 15.7. The molecule has 0 spiro atoms. The van der Waals surface area contributed by atoms with Gasteiger partial charge in [-0.1, -0.05) is 0 Å². The Morgan fingerprint density at radius 1 is 0.885 bits per heavy atom. The number of carboxylic acid groups (broad SMARTS) is 1. The Labute approximate surface area is 153 Å². The van der Waals surface area contributed by atoms with Gasteiger partial charge < -0.3 is 34.7 Å². The minimum atomic E-state index is -1.11. The number of Topliss-reactive ketones (excluding diaryl/α,β-unsaturated/α-hetero) is 1. The number of ether oxygens (including phenoxy) is 4. The largest absolute Gasteiger partial charge is 0.480 e. The highest BCUT2D eigenvalue weighted by molar-refractivity contribution is 5.82. The molecule has 26 heavy (non-hydrogen) atoms. The van der Waals surface area contributed by atoms with Gasteiger partial charge in [-0.25, -0.2) is 9.59 Å². The summed E-state index contributed by atoms with van der Waals surface area (Å²) < 4.78 is 20.3. The van der Waals surface area contributed by atoms with Crippen LogP contribution in [0, 0.1) is 0 Å². The van der Waals surface area contributed by atoms with E-state index in [0.717, 1.165) is 0 Å². The molecular formula is C16H30N2O8. The number of carbonyl (C=O) groups excluding carboxylic acids is 2. The van der Waals surface area contributed by atoms with Crippen LogP contribution in [0.2, 0.25) is 0 Å². The van der Waals surface area contributed by atoms with E-state index in [2.05, 4.69) is 15.4 Å². The molecule has 152 valence electrons. The molecular weight excluding hydrogens is 348 g/mol. The number of hydrogen-bond acceptors (Lipinski definition) is 8. The summed E-state index contributed by atoms with van der Waals surface area (Å²) in [6.45, 7) is 7.11.